The van der Waals surface area contributed by atoms with Crippen LogP contribution in [0.2, 0.25) is 0 Å². The fourth-order valence-corrected chi connectivity index (χ4v) is 1.10. The number of hydrogen-bond donors (Lipinski definition) is 1. The number of para-hydroxylation sites is 1. The van der Waals surface area contributed by atoms with E-state index in [0.717, 1.165) is 11.3 Å². The topological polar surface area (TPSA) is 35.2 Å². The second-order valence-corrected chi connectivity index (χ2v) is 3.98. The van der Waals surface area contributed by atoms with Gasteiger partial charge in [0.05, 0.1) is 0 Å². The quantitative estimate of drug-likeness (QED) is 0.796. The van der Waals surface area contributed by atoms with E-state index >= 15 is 0 Å². The van der Waals surface area contributed by atoms with Crippen LogP contribution in [-0.2, 0) is 0 Å². The van der Waals surface area contributed by atoms with E-state index in [1.807, 2.05) is 31.2 Å². The molecule has 0 bridgehead atoms. The van der Waals surface area contributed by atoms with Crippen molar-refractivity contribution < 1.29 is 4.74 Å². The zero-order valence-corrected chi connectivity index (χ0v) is 9.16. The average molecular weight is 193 g/mol. The van der Waals surface area contributed by atoms with Gasteiger partial charge < -0.3 is 10.5 Å². The van der Waals surface area contributed by atoms with Crippen LogP contribution in [0, 0.1) is 12.8 Å². The molecule has 78 valence electrons. The highest BCUT2D eigenvalue weighted by Crippen LogP contribution is 2.16. The fraction of sp³-hybridized carbons (Fsp3) is 0.500. The van der Waals surface area contributed by atoms with Crippen LogP contribution in [0.15, 0.2) is 24.3 Å². The lowest BCUT2D eigenvalue weighted by Gasteiger charge is -2.17. The molecular weight excluding hydrogens is 174 g/mol. The van der Waals surface area contributed by atoms with Crippen molar-refractivity contribution in [1.29, 1.82) is 0 Å². The number of rotatable bonds is 4. The van der Waals surface area contributed by atoms with E-state index in [0.29, 0.717) is 12.5 Å². The number of hydrogen-bond acceptors (Lipinski definition) is 2. The van der Waals surface area contributed by atoms with Gasteiger partial charge in [0.15, 0.2) is 0 Å². The lowest BCUT2D eigenvalue weighted by molar-refractivity contribution is 0.258. The summed E-state index contributed by atoms with van der Waals surface area (Å²) in [5.41, 5.74) is 7.05. The van der Waals surface area contributed by atoms with E-state index < -0.39 is 0 Å². The van der Waals surface area contributed by atoms with E-state index in [9.17, 15) is 0 Å². The highest BCUT2D eigenvalue weighted by molar-refractivity contribution is 5.31. The Morgan fingerprint density at radius 1 is 1.29 bits per heavy atom. The first-order valence-corrected chi connectivity index (χ1v) is 5.05. The Morgan fingerprint density at radius 2 is 1.93 bits per heavy atom. The molecule has 0 heterocycles. The number of aryl methyl sites for hydroxylation is 1. The molecule has 2 heteroatoms. The summed E-state index contributed by atoms with van der Waals surface area (Å²) in [4.78, 5) is 0. The fourth-order valence-electron chi connectivity index (χ4n) is 1.10. The van der Waals surface area contributed by atoms with Crippen molar-refractivity contribution >= 4 is 0 Å². The summed E-state index contributed by atoms with van der Waals surface area (Å²) in [6, 6.07) is 8.10. The highest BCUT2D eigenvalue weighted by Gasteiger charge is 2.08. The molecule has 1 aromatic carbocycles. The first kappa shape index (κ1) is 11.1. The Balaban J connectivity index is 2.50. The van der Waals surface area contributed by atoms with Gasteiger partial charge in [-0.25, -0.2) is 0 Å². The number of ether oxygens (including phenoxy) is 1. The molecule has 0 amide bonds. The normalized spacial score (nSPS) is 12.9. The van der Waals surface area contributed by atoms with Crippen LogP contribution < -0.4 is 10.5 Å². The van der Waals surface area contributed by atoms with Gasteiger partial charge in [0.25, 0.3) is 0 Å². The minimum absolute atomic E-state index is 0.106. The SMILES string of the molecule is Cc1ccccc1OCC(N)C(C)C. The smallest absolute Gasteiger partial charge is 0.122 e. The minimum atomic E-state index is 0.106. The standard InChI is InChI=1S/C12H19NO/c1-9(2)11(13)8-14-12-7-5-4-6-10(12)3/h4-7,9,11H,8,13H2,1-3H3. The average Bonchev–Trinajstić information content (AvgIpc) is 2.16. The molecule has 0 spiro atoms. The summed E-state index contributed by atoms with van der Waals surface area (Å²) in [5.74, 6) is 1.39. The molecule has 0 aliphatic heterocycles. The molecule has 0 radical (unpaired) electrons. The predicted octanol–water partition coefficient (Wildman–Crippen LogP) is 2.36. The molecule has 14 heavy (non-hydrogen) atoms. The third-order valence-electron chi connectivity index (χ3n) is 2.38. The zero-order chi connectivity index (χ0) is 10.6. The van der Waals surface area contributed by atoms with Crippen LogP contribution in [0.4, 0.5) is 0 Å². The predicted molar refractivity (Wildman–Crippen MR) is 59.5 cm³/mol. The molecule has 0 aliphatic rings. The molecule has 1 aromatic rings. The van der Waals surface area contributed by atoms with E-state index in [-0.39, 0.29) is 6.04 Å². The van der Waals surface area contributed by atoms with Gasteiger partial charge in [-0.15, -0.1) is 0 Å². The third kappa shape index (κ3) is 3.04. The molecule has 2 N–H and O–H groups in total. The van der Waals surface area contributed by atoms with Crippen molar-refractivity contribution in [3.05, 3.63) is 29.8 Å². The largest absolute Gasteiger partial charge is 0.492 e. The van der Waals surface area contributed by atoms with Crippen LogP contribution >= 0.6 is 0 Å². The van der Waals surface area contributed by atoms with Gasteiger partial charge in [-0.05, 0) is 24.5 Å². The second kappa shape index (κ2) is 5.01. The first-order chi connectivity index (χ1) is 6.61. The summed E-state index contributed by atoms with van der Waals surface area (Å²) in [6.45, 7) is 6.83. The number of nitrogens with two attached hydrogens (primary N) is 1. The van der Waals surface area contributed by atoms with Gasteiger partial charge in [0.2, 0.25) is 0 Å². The Hall–Kier alpha value is -1.02. The van der Waals surface area contributed by atoms with Crippen LogP contribution in [0.25, 0.3) is 0 Å². The first-order valence-electron chi connectivity index (χ1n) is 5.05. The van der Waals surface area contributed by atoms with E-state index in [4.69, 9.17) is 10.5 Å². The third-order valence-corrected chi connectivity index (χ3v) is 2.38. The summed E-state index contributed by atoms with van der Waals surface area (Å²) < 4.78 is 5.63. The maximum absolute atomic E-state index is 5.89. The van der Waals surface area contributed by atoms with E-state index in [1.165, 1.54) is 0 Å². The Labute approximate surface area is 86.1 Å². The second-order valence-electron chi connectivity index (χ2n) is 3.98. The van der Waals surface area contributed by atoms with Crippen molar-refractivity contribution in [2.24, 2.45) is 11.7 Å². The molecule has 0 fully saturated rings. The van der Waals surface area contributed by atoms with E-state index in [2.05, 4.69) is 13.8 Å². The monoisotopic (exact) mass is 193 g/mol. The van der Waals surface area contributed by atoms with Crippen molar-refractivity contribution in [2.75, 3.05) is 6.61 Å². The zero-order valence-electron chi connectivity index (χ0n) is 9.16. The molecule has 0 aromatic heterocycles. The van der Waals surface area contributed by atoms with Crippen LogP contribution in [0.3, 0.4) is 0 Å². The number of benzene rings is 1. The lowest BCUT2D eigenvalue weighted by Crippen LogP contribution is -2.33. The Kier molecular flexibility index (Phi) is 3.96. The van der Waals surface area contributed by atoms with Gasteiger partial charge in [-0.1, -0.05) is 32.0 Å². The van der Waals surface area contributed by atoms with Crippen molar-refractivity contribution in [3.8, 4) is 5.75 Å². The molecule has 1 atom stereocenters. The Morgan fingerprint density at radius 3 is 2.50 bits per heavy atom. The summed E-state index contributed by atoms with van der Waals surface area (Å²) in [7, 11) is 0. The van der Waals surface area contributed by atoms with Gasteiger partial charge in [-0.2, -0.15) is 0 Å². The highest BCUT2D eigenvalue weighted by atomic mass is 16.5. The lowest BCUT2D eigenvalue weighted by atomic mass is 10.1. The van der Waals surface area contributed by atoms with Gasteiger partial charge in [-0.3, -0.25) is 0 Å². The maximum atomic E-state index is 5.89. The van der Waals surface area contributed by atoms with Crippen LogP contribution in [-0.4, -0.2) is 12.6 Å². The molecule has 1 unspecified atom stereocenters. The summed E-state index contributed by atoms with van der Waals surface area (Å²) >= 11 is 0. The molecule has 2 nitrogen and oxygen atoms in total. The van der Waals surface area contributed by atoms with Gasteiger partial charge >= 0.3 is 0 Å². The molecule has 0 saturated heterocycles. The van der Waals surface area contributed by atoms with Crippen molar-refractivity contribution in [3.63, 3.8) is 0 Å². The van der Waals surface area contributed by atoms with Crippen LogP contribution in [0.1, 0.15) is 19.4 Å². The van der Waals surface area contributed by atoms with Gasteiger partial charge in [0, 0.05) is 6.04 Å². The maximum Gasteiger partial charge on any atom is 0.122 e. The molecule has 0 aliphatic carbocycles. The molecular formula is C12H19NO. The van der Waals surface area contributed by atoms with Crippen molar-refractivity contribution in [2.45, 2.75) is 26.8 Å². The van der Waals surface area contributed by atoms with Gasteiger partial charge in [0.1, 0.15) is 12.4 Å². The van der Waals surface area contributed by atoms with E-state index in [1.54, 1.807) is 0 Å². The minimum Gasteiger partial charge on any atom is -0.492 e. The molecule has 1 rings (SSSR count). The Bertz CT molecular complexity index is 283. The van der Waals surface area contributed by atoms with Crippen molar-refractivity contribution in [1.82, 2.24) is 0 Å². The van der Waals surface area contributed by atoms with Crippen LogP contribution in [0.5, 0.6) is 5.75 Å². The summed E-state index contributed by atoms with van der Waals surface area (Å²) in [6.07, 6.45) is 0. The molecule has 0 saturated carbocycles. The summed E-state index contributed by atoms with van der Waals surface area (Å²) in [5, 5.41) is 0.